The van der Waals surface area contributed by atoms with Crippen LogP contribution < -0.4 is 11.1 Å². The van der Waals surface area contributed by atoms with Crippen LogP contribution in [0.1, 0.15) is 13.3 Å². The van der Waals surface area contributed by atoms with Crippen LogP contribution >= 0.6 is 0 Å². The molecule has 0 heterocycles. The summed E-state index contributed by atoms with van der Waals surface area (Å²) < 4.78 is 0. The average Bonchev–Trinajstić information content (AvgIpc) is 2.15. The molecule has 8 nitrogen and oxygen atoms in total. The number of carbonyl (C=O) groups is 3. The SMILES string of the molecule is CC(=O)N[C@@H](CC(N)=O)C(=O)O.CN(C)CCO. The van der Waals surface area contributed by atoms with Gasteiger partial charge in [0, 0.05) is 13.5 Å². The molecule has 0 rings (SSSR count). The van der Waals surface area contributed by atoms with Gasteiger partial charge in [0.1, 0.15) is 6.04 Å². The van der Waals surface area contributed by atoms with Crippen LogP contribution in [0.15, 0.2) is 0 Å². The minimum Gasteiger partial charge on any atom is -0.480 e. The molecule has 0 bridgehead atoms. The maximum absolute atomic E-state index is 10.4. The van der Waals surface area contributed by atoms with Crippen LogP contribution in [-0.4, -0.2) is 66.2 Å². The molecule has 2 amide bonds. The molecule has 106 valence electrons. The molecule has 0 fully saturated rings. The summed E-state index contributed by atoms with van der Waals surface area (Å²) in [5.74, 6) is -2.55. The zero-order valence-electron chi connectivity index (χ0n) is 10.8. The van der Waals surface area contributed by atoms with Crippen LogP contribution in [0.3, 0.4) is 0 Å². The molecule has 8 heteroatoms. The standard InChI is InChI=1S/C6H10N2O4.C4H11NO/c1-3(9)8-4(6(11)12)2-5(7)10;1-5(2)3-4-6/h4H,2H2,1H3,(H2,7,10)(H,8,9)(H,11,12);6H,3-4H2,1-2H3/t4-;/m0./s1. The van der Waals surface area contributed by atoms with Gasteiger partial charge in [-0.3, -0.25) is 9.59 Å². The van der Waals surface area contributed by atoms with Crippen molar-refractivity contribution in [2.24, 2.45) is 5.73 Å². The number of amides is 2. The number of hydrogen-bond donors (Lipinski definition) is 4. The molecular weight excluding hydrogens is 242 g/mol. The lowest BCUT2D eigenvalue weighted by Crippen LogP contribution is -2.42. The average molecular weight is 263 g/mol. The van der Waals surface area contributed by atoms with Crippen molar-refractivity contribution in [1.82, 2.24) is 10.2 Å². The van der Waals surface area contributed by atoms with Crippen molar-refractivity contribution in [2.45, 2.75) is 19.4 Å². The monoisotopic (exact) mass is 263 g/mol. The molecule has 5 N–H and O–H groups in total. The molecule has 0 aromatic rings. The number of rotatable bonds is 6. The summed E-state index contributed by atoms with van der Waals surface area (Å²) in [6.07, 6.45) is -0.394. The van der Waals surface area contributed by atoms with E-state index in [1.54, 1.807) is 0 Å². The third kappa shape index (κ3) is 14.3. The summed E-state index contributed by atoms with van der Waals surface area (Å²) in [5.41, 5.74) is 4.75. The van der Waals surface area contributed by atoms with Crippen molar-refractivity contribution in [3.63, 3.8) is 0 Å². The van der Waals surface area contributed by atoms with E-state index in [9.17, 15) is 14.4 Å². The molecule has 0 aromatic carbocycles. The lowest BCUT2D eigenvalue weighted by atomic mass is 10.2. The van der Waals surface area contributed by atoms with Crippen LogP contribution in [0.5, 0.6) is 0 Å². The minimum absolute atomic E-state index is 0.257. The van der Waals surface area contributed by atoms with Crippen molar-refractivity contribution < 1.29 is 24.6 Å². The zero-order chi connectivity index (χ0) is 14.7. The fourth-order valence-electron chi connectivity index (χ4n) is 0.847. The summed E-state index contributed by atoms with van der Waals surface area (Å²) in [6.45, 7) is 2.18. The smallest absolute Gasteiger partial charge is 0.326 e. The number of nitrogens with two attached hydrogens (primary N) is 1. The number of aliphatic carboxylic acids is 1. The molecule has 18 heavy (non-hydrogen) atoms. The lowest BCUT2D eigenvalue weighted by molar-refractivity contribution is -0.143. The molecule has 0 unspecified atom stereocenters. The Balaban J connectivity index is 0. The van der Waals surface area contributed by atoms with Gasteiger partial charge in [-0.1, -0.05) is 0 Å². The Morgan fingerprint density at radius 2 is 1.83 bits per heavy atom. The topological polar surface area (TPSA) is 133 Å². The summed E-state index contributed by atoms with van der Waals surface area (Å²) in [6, 6.07) is -1.22. The quantitative estimate of drug-likeness (QED) is 0.437. The number of aliphatic hydroxyl groups excluding tert-OH is 1. The minimum atomic E-state index is -1.27. The van der Waals surface area contributed by atoms with Gasteiger partial charge in [0.25, 0.3) is 0 Å². The predicted molar refractivity (Wildman–Crippen MR) is 64.7 cm³/mol. The lowest BCUT2D eigenvalue weighted by Gasteiger charge is -2.09. The van der Waals surface area contributed by atoms with E-state index in [4.69, 9.17) is 15.9 Å². The van der Waals surface area contributed by atoms with Crippen LogP contribution in [0, 0.1) is 0 Å². The van der Waals surface area contributed by atoms with Gasteiger partial charge in [-0.2, -0.15) is 0 Å². The molecule has 0 aromatic heterocycles. The van der Waals surface area contributed by atoms with Gasteiger partial charge in [0.05, 0.1) is 13.0 Å². The molecule has 0 aliphatic carbocycles. The van der Waals surface area contributed by atoms with E-state index in [0.717, 1.165) is 13.5 Å². The molecule has 0 aliphatic heterocycles. The normalized spacial score (nSPS) is 11.2. The van der Waals surface area contributed by atoms with E-state index in [1.807, 2.05) is 19.0 Å². The van der Waals surface area contributed by atoms with E-state index >= 15 is 0 Å². The number of hydrogen-bond acceptors (Lipinski definition) is 5. The van der Waals surface area contributed by atoms with Crippen molar-refractivity contribution in [1.29, 1.82) is 0 Å². The zero-order valence-corrected chi connectivity index (χ0v) is 10.8. The first-order valence-electron chi connectivity index (χ1n) is 5.24. The molecule has 0 aliphatic rings. The Morgan fingerprint density at radius 3 is 2.00 bits per heavy atom. The maximum Gasteiger partial charge on any atom is 0.326 e. The van der Waals surface area contributed by atoms with Crippen LogP contribution in [-0.2, 0) is 14.4 Å². The molecule has 0 saturated heterocycles. The fraction of sp³-hybridized carbons (Fsp3) is 0.700. The highest BCUT2D eigenvalue weighted by molar-refractivity contribution is 5.87. The highest BCUT2D eigenvalue weighted by atomic mass is 16.4. The molecule has 0 radical (unpaired) electrons. The van der Waals surface area contributed by atoms with E-state index in [1.165, 1.54) is 0 Å². The number of nitrogens with zero attached hydrogens (tertiary/aromatic N) is 1. The Labute approximate surface area is 106 Å². The van der Waals surface area contributed by atoms with E-state index in [0.29, 0.717) is 0 Å². The first-order chi connectivity index (χ1) is 8.20. The third-order valence-electron chi connectivity index (χ3n) is 1.63. The highest BCUT2D eigenvalue weighted by Gasteiger charge is 2.20. The second-order valence-electron chi connectivity index (χ2n) is 3.79. The largest absolute Gasteiger partial charge is 0.480 e. The summed E-state index contributed by atoms with van der Waals surface area (Å²) >= 11 is 0. The van der Waals surface area contributed by atoms with E-state index in [2.05, 4.69) is 5.32 Å². The fourth-order valence-corrected chi connectivity index (χ4v) is 0.847. The van der Waals surface area contributed by atoms with Gasteiger partial charge in [0.2, 0.25) is 11.8 Å². The Bertz CT molecular complexity index is 265. The predicted octanol–water partition coefficient (Wildman–Crippen LogP) is -2.01. The van der Waals surface area contributed by atoms with Gasteiger partial charge < -0.3 is 26.2 Å². The van der Waals surface area contributed by atoms with Crippen molar-refractivity contribution in [3.8, 4) is 0 Å². The highest BCUT2D eigenvalue weighted by Crippen LogP contribution is 1.90. The number of carbonyl (C=O) groups excluding carboxylic acids is 2. The van der Waals surface area contributed by atoms with Gasteiger partial charge >= 0.3 is 5.97 Å². The number of nitrogens with one attached hydrogen (secondary N) is 1. The second-order valence-corrected chi connectivity index (χ2v) is 3.79. The Hall–Kier alpha value is -1.67. The second kappa shape index (κ2) is 10.5. The number of carboxylic acids is 1. The number of carboxylic acid groups (broad SMARTS) is 1. The first kappa shape index (κ1) is 18.7. The summed E-state index contributed by atoms with van der Waals surface area (Å²) in [7, 11) is 3.85. The first-order valence-corrected chi connectivity index (χ1v) is 5.24. The van der Waals surface area contributed by atoms with Gasteiger partial charge in [-0.05, 0) is 14.1 Å². The number of aliphatic hydroxyl groups is 1. The van der Waals surface area contributed by atoms with E-state index in [-0.39, 0.29) is 6.61 Å². The van der Waals surface area contributed by atoms with Crippen molar-refractivity contribution in [2.75, 3.05) is 27.2 Å². The van der Waals surface area contributed by atoms with Crippen LogP contribution in [0.25, 0.3) is 0 Å². The molecule has 0 saturated carbocycles. The van der Waals surface area contributed by atoms with Crippen molar-refractivity contribution in [3.05, 3.63) is 0 Å². The molecular formula is C10H21N3O5. The van der Waals surface area contributed by atoms with Crippen LogP contribution in [0.2, 0.25) is 0 Å². The maximum atomic E-state index is 10.4. The van der Waals surface area contributed by atoms with Crippen molar-refractivity contribution >= 4 is 17.8 Å². The third-order valence-corrected chi connectivity index (χ3v) is 1.63. The van der Waals surface area contributed by atoms with Gasteiger partial charge in [-0.15, -0.1) is 0 Å². The molecule has 0 spiro atoms. The Morgan fingerprint density at radius 1 is 1.33 bits per heavy atom. The van der Waals surface area contributed by atoms with E-state index < -0.39 is 30.2 Å². The van der Waals surface area contributed by atoms with Gasteiger partial charge in [0.15, 0.2) is 0 Å². The number of primary amides is 1. The number of likely N-dealkylation sites (N-methyl/N-ethyl adjacent to an activating group) is 1. The van der Waals surface area contributed by atoms with Crippen LogP contribution in [0.4, 0.5) is 0 Å². The Kier molecular flexibility index (Phi) is 10.9. The van der Waals surface area contributed by atoms with Gasteiger partial charge in [-0.25, -0.2) is 4.79 Å². The molecule has 1 atom stereocenters. The summed E-state index contributed by atoms with van der Waals surface area (Å²) in [4.78, 5) is 33.0. The summed E-state index contributed by atoms with van der Waals surface area (Å²) in [5, 5.41) is 18.7.